The summed E-state index contributed by atoms with van der Waals surface area (Å²) in [6, 6.07) is 11.3. The Morgan fingerprint density at radius 1 is 1.15 bits per heavy atom. The molecular weight excluding hydrogens is 547 g/mol. The highest BCUT2D eigenvalue weighted by Gasteiger charge is 2.26. The van der Waals surface area contributed by atoms with Crippen molar-refractivity contribution >= 4 is 47.0 Å². The zero-order valence-corrected chi connectivity index (χ0v) is 26.0. The van der Waals surface area contributed by atoms with E-state index >= 15 is 0 Å². The van der Waals surface area contributed by atoms with Crippen LogP contribution in [0.4, 0.5) is 11.4 Å². The lowest BCUT2D eigenvalue weighted by Crippen LogP contribution is -2.51. The molecule has 0 spiro atoms. The molecule has 0 amide bonds. The SMILES string of the molecule is C=C(Nc1ccccc1P(C)(C)=O)/C(Cl)=C\N=C(C)Nc1cc(C)c(OC2CN(C)C2)cc1OC.C=CC(C)=O. The van der Waals surface area contributed by atoms with E-state index in [2.05, 4.69) is 40.7 Å². The van der Waals surface area contributed by atoms with Gasteiger partial charge < -0.3 is 24.7 Å². The van der Waals surface area contributed by atoms with Crippen LogP contribution in [0, 0.1) is 6.92 Å². The lowest BCUT2D eigenvalue weighted by molar-refractivity contribution is -0.112. The third kappa shape index (κ3) is 10.0. The maximum atomic E-state index is 12.6. The van der Waals surface area contributed by atoms with Crippen LogP contribution in [0.3, 0.4) is 0 Å². The van der Waals surface area contributed by atoms with Crippen molar-refractivity contribution in [1.82, 2.24) is 4.90 Å². The molecule has 1 fully saturated rings. The number of aliphatic imine (C=N–C) groups is 1. The average molecular weight is 587 g/mol. The zero-order chi connectivity index (χ0) is 30.0. The fourth-order valence-electron chi connectivity index (χ4n) is 3.69. The number of ketones is 1. The largest absolute Gasteiger partial charge is 0.494 e. The third-order valence-electron chi connectivity index (χ3n) is 5.85. The van der Waals surface area contributed by atoms with Crippen molar-refractivity contribution in [2.24, 2.45) is 4.99 Å². The fourth-order valence-corrected chi connectivity index (χ4v) is 4.94. The molecule has 10 heteroatoms. The average Bonchev–Trinajstić information content (AvgIpc) is 2.87. The van der Waals surface area contributed by atoms with Gasteiger partial charge in [0.2, 0.25) is 0 Å². The third-order valence-corrected chi connectivity index (χ3v) is 7.73. The number of carbonyl (C=O) groups excluding carboxylic acids is 1. The maximum Gasteiger partial charge on any atom is 0.152 e. The summed E-state index contributed by atoms with van der Waals surface area (Å²) in [5, 5.41) is 7.49. The molecule has 2 N–H and O–H groups in total. The van der Waals surface area contributed by atoms with Crippen LogP contribution in [0.25, 0.3) is 0 Å². The number of hydrogen-bond acceptors (Lipinski definition) is 7. The first-order chi connectivity index (χ1) is 18.7. The molecule has 8 nitrogen and oxygen atoms in total. The molecule has 40 heavy (non-hydrogen) atoms. The topological polar surface area (TPSA) is 92.3 Å². The van der Waals surface area contributed by atoms with E-state index in [-0.39, 0.29) is 11.9 Å². The number of likely N-dealkylation sites (tertiary alicyclic amines) is 1. The van der Waals surface area contributed by atoms with Gasteiger partial charge in [0.15, 0.2) is 5.78 Å². The first-order valence-electron chi connectivity index (χ1n) is 12.7. The number of carbonyl (C=O) groups is 1. The monoisotopic (exact) mass is 586 g/mol. The number of para-hydroxylation sites is 1. The Balaban J connectivity index is 0.00000103. The van der Waals surface area contributed by atoms with Gasteiger partial charge in [-0.15, -0.1) is 0 Å². The summed E-state index contributed by atoms with van der Waals surface area (Å²) in [4.78, 5) is 16.3. The van der Waals surface area contributed by atoms with Gasteiger partial charge in [-0.2, -0.15) is 0 Å². The number of allylic oxidation sites excluding steroid dienone is 2. The van der Waals surface area contributed by atoms with Crippen molar-refractivity contribution in [2.45, 2.75) is 26.9 Å². The number of nitrogens with one attached hydrogen (secondary N) is 2. The second kappa shape index (κ2) is 14.9. The summed E-state index contributed by atoms with van der Waals surface area (Å²) in [6.07, 6.45) is 3.00. The Morgan fingerprint density at radius 2 is 1.77 bits per heavy atom. The van der Waals surface area contributed by atoms with Gasteiger partial charge in [-0.1, -0.05) is 36.9 Å². The molecule has 0 bridgehead atoms. The van der Waals surface area contributed by atoms with Crippen molar-refractivity contribution in [2.75, 3.05) is 51.2 Å². The Hall–Kier alpha value is -3.32. The number of likely N-dealkylation sites (N-methyl/N-ethyl adjacent to an activating group) is 1. The number of ether oxygens (including phenoxy) is 2. The maximum absolute atomic E-state index is 12.6. The summed E-state index contributed by atoms with van der Waals surface area (Å²) >= 11 is 6.43. The molecule has 1 aliphatic rings. The lowest BCUT2D eigenvalue weighted by Gasteiger charge is -2.36. The van der Waals surface area contributed by atoms with Crippen molar-refractivity contribution in [3.8, 4) is 11.5 Å². The van der Waals surface area contributed by atoms with Gasteiger partial charge in [0.25, 0.3) is 0 Å². The van der Waals surface area contributed by atoms with Crippen molar-refractivity contribution in [3.05, 3.63) is 78.1 Å². The van der Waals surface area contributed by atoms with Gasteiger partial charge >= 0.3 is 0 Å². The predicted molar refractivity (Wildman–Crippen MR) is 169 cm³/mol. The number of benzene rings is 2. The van der Waals surface area contributed by atoms with Crippen molar-refractivity contribution in [3.63, 3.8) is 0 Å². The van der Waals surface area contributed by atoms with Gasteiger partial charge in [0, 0.05) is 36.3 Å². The van der Waals surface area contributed by atoms with E-state index in [1.54, 1.807) is 20.4 Å². The molecular formula is C30H40ClN4O4P. The van der Waals surface area contributed by atoms with E-state index in [0.29, 0.717) is 28.0 Å². The summed E-state index contributed by atoms with van der Waals surface area (Å²) in [6.45, 7) is 17.8. The second-order valence-corrected chi connectivity index (χ2v) is 13.5. The summed E-state index contributed by atoms with van der Waals surface area (Å²) < 4.78 is 24.3. The first kappa shape index (κ1) is 32.9. The molecule has 0 aromatic heterocycles. The molecule has 1 saturated heterocycles. The van der Waals surface area contributed by atoms with Crippen LogP contribution in [0.5, 0.6) is 11.5 Å². The van der Waals surface area contributed by atoms with Crippen LogP contribution < -0.4 is 25.4 Å². The highest BCUT2D eigenvalue weighted by atomic mass is 35.5. The van der Waals surface area contributed by atoms with Crippen LogP contribution in [0.1, 0.15) is 19.4 Å². The zero-order valence-electron chi connectivity index (χ0n) is 24.4. The summed E-state index contributed by atoms with van der Waals surface area (Å²) in [5.41, 5.74) is 2.96. The van der Waals surface area contributed by atoms with Gasteiger partial charge in [-0.3, -0.25) is 9.69 Å². The van der Waals surface area contributed by atoms with Crippen LogP contribution in [0.15, 0.2) is 77.6 Å². The normalized spacial score (nSPS) is 14.3. The molecule has 1 heterocycles. The predicted octanol–water partition coefficient (Wildman–Crippen LogP) is 6.24. The van der Waals surface area contributed by atoms with Crippen molar-refractivity contribution in [1.29, 1.82) is 0 Å². The Kier molecular flexibility index (Phi) is 12.2. The second-order valence-electron chi connectivity index (χ2n) is 9.88. The number of amidine groups is 1. The molecule has 0 aliphatic carbocycles. The molecule has 216 valence electrons. The Morgan fingerprint density at radius 3 is 2.33 bits per heavy atom. The smallest absolute Gasteiger partial charge is 0.152 e. The van der Waals surface area contributed by atoms with E-state index in [0.717, 1.165) is 35.4 Å². The lowest BCUT2D eigenvalue weighted by atomic mass is 10.1. The number of methoxy groups -OCH3 is 1. The number of rotatable bonds is 10. The van der Waals surface area contributed by atoms with E-state index in [1.165, 1.54) is 19.2 Å². The molecule has 0 saturated carbocycles. The molecule has 2 aromatic rings. The van der Waals surface area contributed by atoms with Crippen molar-refractivity contribution < 1.29 is 18.8 Å². The minimum absolute atomic E-state index is 0.0185. The van der Waals surface area contributed by atoms with Crippen LogP contribution in [-0.2, 0) is 9.36 Å². The number of halogens is 1. The molecule has 0 radical (unpaired) electrons. The van der Waals surface area contributed by atoms with Crippen LogP contribution in [0.2, 0.25) is 0 Å². The molecule has 1 aliphatic heterocycles. The van der Waals surface area contributed by atoms with Gasteiger partial charge in [0.05, 0.1) is 23.5 Å². The fraction of sp³-hybridized carbons (Fsp3) is 0.333. The Labute approximate surface area is 243 Å². The highest BCUT2D eigenvalue weighted by molar-refractivity contribution is 7.70. The quantitative estimate of drug-likeness (QED) is 0.112. The number of hydrogen-bond donors (Lipinski definition) is 2. The molecule has 0 unspecified atom stereocenters. The van der Waals surface area contributed by atoms with Gasteiger partial charge in [-0.25, -0.2) is 4.99 Å². The molecule has 0 atom stereocenters. The molecule has 3 rings (SSSR count). The van der Waals surface area contributed by atoms with Gasteiger partial charge in [-0.05, 0) is 71.0 Å². The number of aryl methyl sites for hydroxylation is 1. The minimum atomic E-state index is -2.46. The number of anilines is 2. The summed E-state index contributed by atoms with van der Waals surface area (Å²) in [7, 11) is 1.23. The minimum Gasteiger partial charge on any atom is -0.494 e. The van der Waals surface area contributed by atoms with E-state index in [4.69, 9.17) is 21.1 Å². The van der Waals surface area contributed by atoms with E-state index < -0.39 is 7.14 Å². The van der Waals surface area contributed by atoms with E-state index in [1.807, 2.05) is 50.2 Å². The standard InChI is InChI=1S/C26H34ClN4O3P.C4H6O/c1-17-12-23(25(33-5)13-24(17)34-20-15-31(4)16-20)30-19(3)28-14-21(27)18(2)29-22-10-8-9-11-26(22)35(6,7)32;1-3-4(2)5/h8-14,20,29H,2,15-16H2,1,3-7H3,(H,28,30);3H,1H2,2H3/b21-14+;. The van der Waals surface area contributed by atoms with Crippen LogP contribution >= 0.6 is 18.7 Å². The number of nitrogens with zero attached hydrogens (tertiary/aromatic N) is 2. The molecule has 2 aromatic carbocycles. The van der Waals surface area contributed by atoms with Gasteiger partial charge in [0.1, 0.15) is 30.6 Å². The van der Waals surface area contributed by atoms with E-state index in [9.17, 15) is 9.36 Å². The van der Waals surface area contributed by atoms with Crippen LogP contribution in [-0.4, -0.2) is 63.2 Å². The highest BCUT2D eigenvalue weighted by Crippen LogP contribution is 2.38. The summed E-state index contributed by atoms with van der Waals surface area (Å²) in [5.74, 6) is 2.11. The first-order valence-corrected chi connectivity index (χ1v) is 15.7. The Bertz CT molecular complexity index is 1340.